The lowest BCUT2D eigenvalue weighted by atomic mass is 10.0. The molecule has 0 bridgehead atoms. The van der Waals surface area contributed by atoms with E-state index in [9.17, 15) is 4.79 Å². The maximum atomic E-state index is 12.4. The number of nitrogens with two attached hydrogens (primary N) is 1. The Morgan fingerprint density at radius 1 is 1.35 bits per heavy atom. The minimum absolute atomic E-state index is 0.0845. The normalized spacial score (nSPS) is 12.8. The summed E-state index contributed by atoms with van der Waals surface area (Å²) >= 11 is 0. The topological polar surface area (TPSA) is 58.4 Å². The van der Waals surface area contributed by atoms with Gasteiger partial charge in [-0.15, -0.1) is 0 Å². The minimum Gasteiger partial charge on any atom is -0.398 e. The first kappa shape index (κ1) is 16.5. The van der Waals surface area contributed by atoms with Gasteiger partial charge in [0.2, 0.25) is 0 Å². The summed E-state index contributed by atoms with van der Waals surface area (Å²) in [5.41, 5.74) is 8.06. The zero-order valence-corrected chi connectivity index (χ0v) is 13.2. The SMILES string of the molecule is Cc1cccc(C(=O)NC(CC(C)C)CN(C)C)c1N. The van der Waals surface area contributed by atoms with Crippen LogP contribution in [0.5, 0.6) is 0 Å². The highest BCUT2D eigenvalue weighted by Crippen LogP contribution is 2.17. The monoisotopic (exact) mass is 277 g/mol. The van der Waals surface area contributed by atoms with Crippen LogP contribution in [0, 0.1) is 12.8 Å². The molecule has 0 aliphatic rings. The number of hydrogen-bond acceptors (Lipinski definition) is 3. The molecule has 0 fully saturated rings. The number of carbonyl (C=O) groups excluding carboxylic acids is 1. The molecule has 0 saturated heterocycles. The van der Waals surface area contributed by atoms with Gasteiger partial charge in [0.1, 0.15) is 0 Å². The van der Waals surface area contributed by atoms with E-state index in [-0.39, 0.29) is 11.9 Å². The molecule has 0 spiro atoms. The number of anilines is 1. The van der Waals surface area contributed by atoms with Gasteiger partial charge in [-0.3, -0.25) is 4.79 Å². The number of carbonyl (C=O) groups is 1. The summed E-state index contributed by atoms with van der Waals surface area (Å²) in [5.74, 6) is 0.453. The van der Waals surface area contributed by atoms with Crippen LogP contribution in [-0.2, 0) is 0 Å². The molecule has 0 aliphatic carbocycles. The van der Waals surface area contributed by atoms with Gasteiger partial charge in [-0.25, -0.2) is 0 Å². The van der Waals surface area contributed by atoms with Gasteiger partial charge >= 0.3 is 0 Å². The zero-order valence-electron chi connectivity index (χ0n) is 13.2. The molecule has 1 rings (SSSR count). The molecule has 1 atom stereocenters. The first-order valence-electron chi connectivity index (χ1n) is 7.12. The smallest absolute Gasteiger partial charge is 0.253 e. The molecular weight excluding hydrogens is 250 g/mol. The maximum absolute atomic E-state index is 12.4. The van der Waals surface area contributed by atoms with E-state index < -0.39 is 0 Å². The zero-order chi connectivity index (χ0) is 15.3. The molecule has 4 heteroatoms. The number of nitrogens with zero attached hydrogens (tertiary/aromatic N) is 1. The van der Waals surface area contributed by atoms with Crippen molar-refractivity contribution >= 4 is 11.6 Å². The number of rotatable bonds is 6. The lowest BCUT2D eigenvalue weighted by molar-refractivity contribution is 0.0925. The van der Waals surface area contributed by atoms with E-state index in [0.29, 0.717) is 17.2 Å². The van der Waals surface area contributed by atoms with E-state index in [2.05, 4.69) is 24.1 Å². The van der Waals surface area contributed by atoms with Crippen LogP contribution in [0.25, 0.3) is 0 Å². The number of nitrogen functional groups attached to an aromatic ring is 1. The highest BCUT2D eigenvalue weighted by molar-refractivity contribution is 5.99. The molecule has 4 nitrogen and oxygen atoms in total. The van der Waals surface area contributed by atoms with Crippen LogP contribution in [0.2, 0.25) is 0 Å². The Kier molecular flexibility index (Phi) is 6.02. The first-order valence-corrected chi connectivity index (χ1v) is 7.12. The summed E-state index contributed by atoms with van der Waals surface area (Å²) in [6.45, 7) is 7.07. The molecule has 0 aliphatic heterocycles. The molecule has 1 amide bonds. The Hall–Kier alpha value is -1.55. The van der Waals surface area contributed by atoms with Crippen LogP contribution >= 0.6 is 0 Å². The molecule has 1 unspecified atom stereocenters. The largest absolute Gasteiger partial charge is 0.398 e. The molecule has 0 saturated carbocycles. The van der Waals surface area contributed by atoms with Gasteiger partial charge < -0.3 is 16.0 Å². The Balaban J connectivity index is 2.81. The lowest BCUT2D eigenvalue weighted by Crippen LogP contribution is -2.42. The number of aryl methyl sites for hydroxylation is 1. The van der Waals surface area contributed by atoms with Gasteiger partial charge in [-0.05, 0) is 45.0 Å². The van der Waals surface area contributed by atoms with Crippen molar-refractivity contribution in [3.8, 4) is 0 Å². The molecule has 0 heterocycles. The van der Waals surface area contributed by atoms with Crippen LogP contribution < -0.4 is 11.1 Å². The number of nitrogens with one attached hydrogen (secondary N) is 1. The van der Waals surface area contributed by atoms with E-state index in [1.165, 1.54) is 0 Å². The van der Waals surface area contributed by atoms with Crippen molar-refractivity contribution < 1.29 is 4.79 Å². The van der Waals surface area contributed by atoms with Crippen LogP contribution in [-0.4, -0.2) is 37.5 Å². The van der Waals surface area contributed by atoms with E-state index >= 15 is 0 Å². The third-order valence-corrected chi connectivity index (χ3v) is 3.25. The average Bonchev–Trinajstić information content (AvgIpc) is 2.30. The van der Waals surface area contributed by atoms with E-state index in [1.54, 1.807) is 6.07 Å². The summed E-state index contributed by atoms with van der Waals surface area (Å²) in [5, 5.41) is 3.10. The third-order valence-electron chi connectivity index (χ3n) is 3.25. The van der Waals surface area contributed by atoms with Gasteiger partial charge in [0.05, 0.1) is 5.56 Å². The van der Waals surface area contributed by atoms with Crippen molar-refractivity contribution in [2.75, 3.05) is 26.4 Å². The van der Waals surface area contributed by atoms with Gasteiger partial charge in [0.25, 0.3) is 5.91 Å². The van der Waals surface area contributed by atoms with Gasteiger partial charge in [0, 0.05) is 18.3 Å². The summed E-state index contributed by atoms with van der Waals surface area (Å²) in [4.78, 5) is 14.5. The van der Waals surface area contributed by atoms with E-state index in [0.717, 1.165) is 18.5 Å². The van der Waals surface area contributed by atoms with Crippen LogP contribution in [0.3, 0.4) is 0 Å². The van der Waals surface area contributed by atoms with E-state index in [1.807, 2.05) is 33.2 Å². The molecule has 1 aromatic carbocycles. The number of benzene rings is 1. The maximum Gasteiger partial charge on any atom is 0.253 e. The van der Waals surface area contributed by atoms with Crippen molar-refractivity contribution in [3.05, 3.63) is 29.3 Å². The molecule has 112 valence electrons. The number of para-hydroxylation sites is 1. The second-order valence-electron chi connectivity index (χ2n) is 6.10. The highest BCUT2D eigenvalue weighted by Gasteiger charge is 2.17. The molecule has 0 aromatic heterocycles. The lowest BCUT2D eigenvalue weighted by Gasteiger charge is -2.24. The summed E-state index contributed by atoms with van der Waals surface area (Å²) in [7, 11) is 4.03. The molecular formula is C16H27N3O. The standard InChI is InChI=1S/C16H27N3O/c1-11(2)9-13(10-19(4)5)18-16(20)14-8-6-7-12(3)15(14)17/h6-8,11,13H,9-10,17H2,1-5H3,(H,18,20). The summed E-state index contributed by atoms with van der Waals surface area (Å²) in [6, 6.07) is 5.69. The summed E-state index contributed by atoms with van der Waals surface area (Å²) < 4.78 is 0. The van der Waals surface area contributed by atoms with Gasteiger partial charge in [0.15, 0.2) is 0 Å². The van der Waals surface area contributed by atoms with Crippen LogP contribution in [0.15, 0.2) is 18.2 Å². The number of amides is 1. The van der Waals surface area contributed by atoms with Gasteiger partial charge in [-0.1, -0.05) is 26.0 Å². The predicted molar refractivity (Wildman–Crippen MR) is 84.9 cm³/mol. The fraction of sp³-hybridized carbons (Fsp3) is 0.562. The molecule has 20 heavy (non-hydrogen) atoms. The van der Waals surface area contributed by atoms with Crippen molar-refractivity contribution in [2.24, 2.45) is 5.92 Å². The fourth-order valence-electron chi connectivity index (χ4n) is 2.33. The van der Waals surface area contributed by atoms with Crippen LogP contribution in [0.4, 0.5) is 5.69 Å². The second-order valence-corrected chi connectivity index (χ2v) is 6.10. The second kappa shape index (κ2) is 7.29. The molecule has 1 aromatic rings. The predicted octanol–water partition coefficient (Wildman–Crippen LogP) is 2.28. The molecule has 0 radical (unpaired) electrons. The van der Waals surface area contributed by atoms with Crippen molar-refractivity contribution in [1.29, 1.82) is 0 Å². The third kappa shape index (κ3) is 4.85. The van der Waals surface area contributed by atoms with Crippen molar-refractivity contribution in [3.63, 3.8) is 0 Å². The summed E-state index contributed by atoms with van der Waals surface area (Å²) in [6.07, 6.45) is 0.954. The Labute approximate surface area is 122 Å². The molecule has 3 N–H and O–H groups in total. The Morgan fingerprint density at radius 2 is 2.00 bits per heavy atom. The van der Waals surface area contributed by atoms with Crippen LogP contribution in [0.1, 0.15) is 36.2 Å². The van der Waals surface area contributed by atoms with Gasteiger partial charge in [-0.2, -0.15) is 0 Å². The average molecular weight is 277 g/mol. The Bertz CT molecular complexity index is 445. The number of hydrogen-bond donors (Lipinski definition) is 2. The Morgan fingerprint density at radius 3 is 2.55 bits per heavy atom. The highest BCUT2D eigenvalue weighted by atomic mass is 16.1. The number of likely N-dealkylation sites (N-methyl/N-ethyl adjacent to an activating group) is 1. The minimum atomic E-state index is -0.0845. The quantitative estimate of drug-likeness (QED) is 0.784. The van der Waals surface area contributed by atoms with E-state index in [4.69, 9.17) is 5.73 Å². The van der Waals surface area contributed by atoms with Crippen molar-refractivity contribution in [1.82, 2.24) is 10.2 Å². The fourth-order valence-corrected chi connectivity index (χ4v) is 2.33. The first-order chi connectivity index (χ1) is 9.31. The van der Waals surface area contributed by atoms with Crippen molar-refractivity contribution in [2.45, 2.75) is 33.2 Å².